The Morgan fingerprint density at radius 3 is 1.38 bits per heavy atom. The number of hydrogen-bond donors (Lipinski definition) is 0. The highest BCUT2D eigenvalue weighted by molar-refractivity contribution is 5.48. The summed E-state index contributed by atoms with van der Waals surface area (Å²) in [6.45, 7) is 0. The van der Waals surface area contributed by atoms with E-state index in [0.29, 0.717) is 10.8 Å². The summed E-state index contributed by atoms with van der Waals surface area (Å²) in [5.74, 6) is 1.82. The molecule has 0 amide bonds. The second-order valence-electron chi connectivity index (χ2n) is 8.38. The van der Waals surface area contributed by atoms with Gasteiger partial charge in [-0.15, -0.1) is 0 Å². The summed E-state index contributed by atoms with van der Waals surface area (Å²) < 4.78 is 0. The molecule has 0 saturated heterocycles. The molecular weight excluding hydrogens is 288 g/mol. The van der Waals surface area contributed by atoms with Crippen LogP contribution in [0.2, 0.25) is 0 Å². The molecule has 2 aromatic rings. The quantitative estimate of drug-likeness (QED) is 0.613. The second-order valence-corrected chi connectivity index (χ2v) is 8.38. The van der Waals surface area contributed by atoms with Crippen LogP contribution in [0.1, 0.15) is 62.5 Å². The van der Waals surface area contributed by atoms with Gasteiger partial charge in [0, 0.05) is 10.8 Å². The largest absolute Gasteiger partial charge is 0.0622 e. The average molecular weight is 316 g/mol. The van der Waals surface area contributed by atoms with Crippen molar-refractivity contribution in [2.45, 2.75) is 62.2 Å². The van der Waals surface area contributed by atoms with Gasteiger partial charge in [-0.25, -0.2) is 0 Å². The van der Waals surface area contributed by atoms with Crippen LogP contribution in [0.3, 0.4) is 0 Å². The monoisotopic (exact) mass is 316 g/mol. The molecule has 0 nitrogen and oxygen atoms in total. The van der Waals surface area contributed by atoms with E-state index in [2.05, 4.69) is 60.7 Å². The molecule has 0 heteroatoms. The Bertz CT molecular complexity index is 640. The van der Waals surface area contributed by atoms with E-state index >= 15 is 0 Å². The smallest absolute Gasteiger partial charge is 0.00837 e. The standard InChI is InChI=1S/C24H28/c1-3-11-19(12-4-1)23-17-9-7-15-21(23)22-16-8-10-18-24(22,23)20-13-5-2-6-14-20/h1-6,11-14,21-22H,7-10,15-18H2/t21-,22+,23+,24-. The highest BCUT2D eigenvalue weighted by Gasteiger charge is 2.71. The normalized spacial score (nSPS) is 37.8. The van der Waals surface area contributed by atoms with Crippen molar-refractivity contribution in [3.05, 3.63) is 71.8 Å². The summed E-state index contributed by atoms with van der Waals surface area (Å²) >= 11 is 0. The zero-order valence-electron chi connectivity index (χ0n) is 14.6. The summed E-state index contributed by atoms with van der Waals surface area (Å²) in [7, 11) is 0. The van der Waals surface area contributed by atoms with Gasteiger partial charge in [-0.1, -0.05) is 86.3 Å². The molecule has 0 bridgehead atoms. The molecule has 0 spiro atoms. The molecule has 3 fully saturated rings. The fraction of sp³-hybridized carbons (Fsp3) is 0.500. The van der Waals surface area contributed by atoms with Gasteiger partial charge >= 0.3 is 0 Å². The Morgan fingerprint density at radius 2 is 0.958 bits per heavy atom. The van der Waals surface area contributed by atoms with Gasteiger partial charge in [0.1, 0.15) is 0 Å². The van der Waals surface area contributed by atoms with Crippen molar-refractivity contribution in [1.29, 1.82) is 0 Å². The minimum atomic E-state index is 0.402. The number of hydrogen-bond acceptors (Lipinski definition) is 0. The van der Waals surface area contributed by atoms with Crippen molar-refractivity contribution in [2.75, 3.05) is 0 Å². The summed E-state index contributed by atoms with van der Waals surface area (Å²) in [4.78, 5) is 0. The zero-order valence-corrected chi connectivity index (χ0v) is 14.6. The predicted octanol–water partition coefficient (Wildman–Crippen LogP) is 6.26. The van der Waals surface area contributed by atoms with E-state index < -0.39 is 0 Å². The van der Waals surface area contributed by atoms with Gasteiger partial charge in [0.25, 0.3) is 0 Å². The third kappa shape index (κ3) is 1.70. The fourth-order valence-electron chi connectivity index (χ4n) is 7.20. The Balaban J connectivity index is 1.74. The molecule has 24 heavy (non-hydrogen) atoms. The van der Waals surface area contributed by atoms with Crippen molar-refractivity contribution in [3.63, 3.8) is 0 Å². The Hall–Kier alpha value is -1.56. The molecule has 0 unspecified atom stereocenters. The van der Waals surface area contributed by atoms with Crippen molar-refractivity contribution in [2.24, 2.45) is 11.8 Å². The van der Waals surface area contributed by atoms with E-state index in [1.807, 2.05) is 0 Å². The molecule has 4 atom stereocenters. The first-order valence-electron chi connectivity index (χ1n) is 10.0. The topological polar surface area (TPSA) is 0 Å². The first kappa shape index (κ1) is 14.8. The van der Waals surface area contributed by atoms with Gasteiger partial charge in [-0.2, -0.15) is 0 Å². The number of benzene rings is 2. The molecular formula is C24H28. The van der Waals surface area contributed by atoms with E-state index in [9.17, 15) is 0 Å². The van der Waals surface area contributed by atoms with Gasteiger partial charge in [-0.3, -0.25) is 0 Å². The van der Waals surface area contributed by atoms with Crippen molar-refractivity contribution in [3.8, 4) is 0 Å². The lowest BCUT2D eigenvalue weighted by molar-refractivity contribution is -0.142. The van der Waals surface area contributed by atoms with Gasteiger partial charge in [0.2, 0.25) is 0 Å². The van der Waals surface area contributed by atoms with Gasteiger partial charge in [0.15, 0.2) is 0 Å². The maximum absolute atomic E-state index is 2.44. The highest BCUT2D eigenvalue weighted by atomic mass is 14.7. The minimum Gasteiger partial charge on any atom is -0.0622 e. The molecule has 5 rings (SSSR count). The molecule has 0 aromatic heterocycles. The van der Waals surface area contributed by atoms with Crippen molar-refractivity contribution < 1.29 is 0 Å². The maximum atomic E-state index is 2.44. The van der Waals surface area contributed by atoms with Crippen LogP contribution in [-0.4, -0.2) is 0 Å². The Kier molecular flexibility index (Phi) is 3.37. The average Bonchev–Trinajstić information content (AvgIpc) is 2.67. The zero-order chi connectivity index (χ0) is 16.0. The van der Waals surface area contributed by atoms with Crippen LogP contribution in [0.15, 0.2) is 60.7 Å². The Labute approximate surface area is 146 Å². The molecule has 3 saturated carbocycles. The summed E-state index contributed by atoms with van der Waals surface area (Å²) in [6, 6.07) is 23.2. The maximum Gasteiger partial charge on any atom is 0.00837 e. The fourth-order valence-corrected chi connectivity index (χ4v) is 7.20. The molecule has 2 aromatic carbocycles. The molecule has 3 aliphatic rings. The summed E-state index contributed by atoms with van der Waals surface area (Å²) in [5, 5.41) is 0. The van der Waals surface area contributed by atoms with E-state index in [1.165, 1.54) is 51.4 Å². The van der Waals surface area contributed by atoms with Crippen molar-refractivity contribution in [1.82, 2.24) is 0 Å². The third-order valence-corrected chi connectivity index (χ3v) is 7.80. The molecule has 3 aliphatic carbocycles. The first-order valence-corrected chi connectivity index (χ1v) is 10.0. The first-order chi connectivity index (χ1) is 11.9. The minimum absolute atomic E-state index is 0.402. The van der Waals surface area contributed by atoms with Crippen molar-refractivity contribution >= 4 is 0 Å². The van der Waals surface area contributed by atoms with E-state index in [1.54, 1.807) is 11.1 Å². The van der Waals surface area contributed by atoms with Gasteiger partial charge < -0.3 is 0 Å². The number of fused-ring (bicyclic) bond motifs is 4. The molecule has 0 radical (unpaired) electrons. The predicted molar refractivity (Wildman–Crippen MR) is 100 cm³/mol. The van der Waals surface area contributed by atoms with Crippen LogP contribution in [0, 0.1) is 11.8 Å². The second kappa shape index (κ2) is 5.48. The van der Waals surface area contributed by atoms with Crippen LogP contribution < -0.4 is 0 Å². The lowest BCUT2D eigenvalue weighted by atomic mass is 9.29. The Morgan fingerprint density at radius 1 is 0.542 bits per heavy atom. The highest BCUT2D eigenvalue weighted by Crippen LogP contribution is 2.74. The van der Waals surface area contributed by atoms with E-state index in [0.717, 1.165) is 11.8 Å². The lowest BCUT2D eigenvalue weighted by Crippen LogP contribution is -2.72. The SMILES string of the molecule is c1ccc([C@@]23CCCC[C@@H]2[C@@H]2CCCC[C@@]23c2ccccc2)cc1. The van der Waals surface area contributed by atoms with Crippen LogP contribution in [0.5, 0.6) is 0 Å². The summed E-state index contributed by atoms with van der Waals surface area (Å²) in [5.41, 5.74) is 4.08. The third-order valence-electron chi connectivity index (χ3n) is 7.80. The van der Waals surface area contributed by atoms with Gasteiger partial charge in [0.05, 0.1) is 0 Å². The van der Waals surface area contributed by atoms with Crippen LogP contribution >= 0.6 is 0 Å². The summed E-state index contributed by atoms with van der Waals surface area (Å²) in [6.07, 6.45) is 11.4. The van der Waals surface area contributed by atoms with E-state index in [-0.39, 0.29) is 0 Å². The van der Waals surface area contributed by atoms with Crippen LogP contribution in [0.4, 0.5) is 0 Å². The molecule has 0 heterocycles. The lowest BCUT2D eigenvalue weighted by Gasteiger charge is -2.74. The molecule has 0 aliphatic heterocycles. The van der Waals surface area contributed by atoms with Crippen LogP contribution in [0.25, 0.3) is 0 Å². The number of rotatable bonds is 2. The van der Waals surface area contributed by atoms with Crippen LogP contribution in [-0.2, 0) is 10.8 Å². The van der Waals surface area contributed by atoms with E-state index in [4.69, 9.17) is 0 Å². The van der Waals surface area contributed by atoms with Gasteiger partial charge in [-0.05, 0) is 48.6 Å². The molecule has 0 N–H and O–H groups in total. The molecule has 124 valence electrons.